The summed E-state index contributed by atoms with van der Waals surface area (Å²) in [5.74, 6) is 0.879. The Labute approximate surface area is 123 Å². The summed E-state index contributed by atoms with van der Waals surface area (Å²) < 4.78 is 5.81. The number of hydrogen-bond acceptors (Lipinski definition) is 3. The van der Waals surface area contributed by atoms with Crippen LogP contribution < -0.4 is 15.4 Å². The number of benzene rings is 1. The van der Waals surface area contributed by atoms with Crippen molar-refractivity contribution in [3.8, 4) is 5.75 Å². The highest BCUT2D eigenvalue weighted by Crippen LogP contribution is 2.31. The molecule has 0 aromatic heterocycles. The molecule has 0 radical (unpaired) electrons. The van der Waals surface area contributed by atoms with Crippen LogP contribution in [0.5, 0.6) is 5.75 Å². The fraction of sp³-hybridized carbons (Fsp3) is 0.647. The molecule has 0 amide bonds. The molecule has 1 aliphatic rings. The molecule has 3 heteroatoms. The summed E-state index contributed by atoms with van der Waals surface area (Å²) in [4.78, 5) is 2.49. The Morgan fingerprint density at radius 2 is 1.90 bits per heavy atom. The average Bonchev–Trinajstić information content (AvgIpc) is 2.39. The number of nitrogens with zero attached hydrogens (tertiary/aromatic N) is 1. The standard InChI is InChI=1S/C17H28N2O/c1-4-19(15-8-6-5-7-9-15)16-10-14(18)11-17(12-16)20-13(2)3/h10-13,15H,4-9,18H2,1-3H3. The molecule has 0 bridgehead atoms. The molecule has 3 nitrogen and oxygen atoms in total. The van der Waals surface area contributed by atoms with Gasteiger partial charge in [0.15, 0.2) is 0 Å². The maximum Gasteiger partial charge on any atom is 0.123 e. The molecule has 0 atom stereocenters. The van der Waals surface area contributed by atoms with Crippen LogP contribution in [0, 0.1) is 0 Å². The quantitative estimate of drug-likeness (QED) is 0.818. The van der Waals surface area contributed by atoms with E-state index in [4.69, 9.17) is 10.5 Å². The van der Waals surface area contributed by atoms with E-state index in [0.29, 0.717) is 6.04 Å². The van der Waals surface area contributed by atoms with Crippen molar-refractivity contribution in [3.05, 3.63) is 18.2 Å². The van der Waals surface area contributed by atoms with Crippen LogP contribution in [0.1, 0.15) is 52.9 Å². The molecule has 2 rings (SSSR count). The molecule has 0 aliphatic heterocycles. The second kappa shape index (κ2) is 6.87. The van der Waals surface area contributed by atoms with E-state index in [1.165, 1.54) is 37.8 Å². The minimum atomic E-state index is 0.175. The Balaban J connectivity index is 2.21. The third-order valence-electron chi connectivity index (χ3n) is 3.97. The van der Waals surface area contributed by atoms with Crippen LogP contribution in [0.4, 0.5) is 11.4 Å². The predicted molar refractivity (Wildman–Crippen MR) is 86.5 cm³/mol. The molecule has 112 valence electrons. The molecule has 2 N–H and O–H groups in total. The normalized spacial score (nSPS) is 16.4. The van der Waals surface area contributed by atoms with Crippen molar-refractivity contribution < 1.29 is 4.74 Å². The van der Waals surface area contributed by atoms with Gasteiger partial charge in [0.1, 0.15) is 5.75 Å². The highest BCUT2D eigenvalue weighted by molar-refractivity contribution is 5.61. The number of rotatable bonds is 5. The molecule has 0 heterocycles. The van der Waals surface area contributed by atoms with E-state index < -0.39 is 0 Å². The van der Waals surface area contributed by atoms with Gasteiger partial charge in [0.25, 0.3) is 0 Å². The largest absolute Gasteiger partial charge is 0.491 e. The summed E-state index contributed by atoms with van der Waals surface area (Å²) in [7, 11) is 0. The van der Waals surface area contributed by atoms with Gasteiger partial charge < -0.3 is 15.4 Å². The van der Waals surface area contributed by atoms with Gasteiger partial charge in [0, 0.05) is 36.1 Å². The van der Waals surface area contributed by atoms with Gasteiger partial charge in [-0.05, 0) is 39.7 Å². The first-order valence-electron chi connectivity index (χ1n) is 7.94. The van der Waals surface area contributed by atoms with Crippen molar-refractivity contribution in [3.63, 3.8) is 0 Å². The zero-order valence-corrected chi connectivity index (χ0v) is 13.1. The SMILES string of the molecule is CCN(c1cc(N)cc(OC(C)C)c1)C1CCCCC1. The Bertz CT molecular complexity index is 425. The first-order chi connectivity index (χ1) is 9.60. The van der Waals surface area contributed by atoms with Gasteiger partial charge in [-0.2, -0.15) is 0 Å². The van der Waals surface area contributed by atoms with Crippen LogP contribution in [0.3, 0.4) is 0 Å². The Morgan fingerprint density at radius 3 is 2.50 bits per heavy atom. The van der Waals surface area contributed by atoms with Crippen molar-refractivity contribution in [2.75, 3.05) is 17.2 Å². The maximum absolute atomic E-state index is 6.05. The minimum absolute atomic E-state index is 0.175. The highest BCUT2D eigenvalue weighted by atomic mass is 16.5. The molecule has 1 aromatic rings. The lowest BCUT2D eigenvalue weighted by molar-refractivity contribution is 0.242. The van der Waals surface area contributed by atoms with Gasteiger partial charge in [-0.3, -0.25) is 0 Å². The first kappa shape index (κ1) is 15.0. The van der Waals surface area contributed by atoms with Gasteiger partial charge >= 0.3 is 0 Å². The molecule has 1 saturated carbocycles. The summed E-state index contributed by atoms with van der Waals surface area (Å²) in [6.07, 6.45) is 6.84. The zero-order chi connectivity index (χ0) is 14.5. The van der Waals surface area contributed by atoms with Gasteiger partial charge in [0.05, 0.1) is 6.10 Å². The van der Waals surface area contributed by atoms with Crippen LogP contribution in [0.15, 0.2) is 18.2 Å². The third kappa shape index (κ3) is 3.81. The Kier molecular flexibility index (Phi) is 5.16. The molecule has 0 unspecified atom stereocenters. The molecule has 20 heavy (non-hydrogen) atoms. The number of nitrogens with two attached hydrogens (primary N) is 1. The van der Waals surface area contributed by atoms with Crippen molar-refractivity contribution in [1.82, 2.24) is 0 Å². The summed E-state index contributed by atoms with van der Waals surface area (Å²) in [6, 6.07) is 6.78. The molecular formula is C17H28N2O. The van der Waals surface area contributed by atoms with Crippen LogP contribution in [-0.2, 0) is 0 Å². The number of ether oxygens (including phenoxy) is 1. The van der Waals surface area contributed by atoms with E-state index in [1.807, 2.05) is 19.9 Å². The summed E-state index contributed by atoms with van der Waals surface area (Å²) >= 11 is 0. The zero-order valence-electron chi connectivity index (χ0n) is 13.1. The topological polar surface area (TPSA) is 38.5 Å². The second-order valence-electron chi connectivity index (χ2n) is 6.00. The molecule has 1 fully saturated rings. The van der Waals surface area contributed by atoms with Crippen molar-refractivity contribution in [2.24, 2.45) is 0 Å². The molecule has 1 aromatic carbocycles. The monoisotopic (exact) mass is 276 g/mol. The lowest BCUT2D eigenvalue weighted by Crippen LogP contribution is -2.36. The van der Waals surface area contributed by atoms with Gasteiger partial charge in [-0.25, -0.2) is 0 Å². The van der Waals surface area contributed by atoms with Crippen LogP contribution >= 0.6 is 0 Å². The van der Waals surface area contributed by atoms with E-state index in [2.05, 4.69) is 24.0 Å². The summed E-state index contributed by atoms with van der Waals surface area (Å²) in [6.45, 7) is 7.33. The molecule has 0 spiro atoms. The third-order valence-corrected chi connectivity index (χ3v) is 3.97. The number of nitrogen functional groups attached to an aromatic ring is 1. The molecule has 0 saturated heterocycles. The smallest absolute Gasteiger partial charge is 0.123 e. The lowest BCUT2D eigenvalue weighted by Gasteiger charge is -2.35. The van der Waals surface area contributed by atoms with Crippen molar-refractivity contribution in [1.29, 1.82) is 0 Å². The number of hydrogen-bond donors (Lipinski definition) is 1. The van der Waals surface area contributed by atoms with Crippen molar-refractivity contribution >= 4 is 11.4 Å². The lowest BCUT2D eigenvalue weighted by atomic mass is 9.93. The van der Waals surface area contributed by atoms with Crippen LogP contribution in [0.2, 0.25) is 0 Å². The van der Waals surface area contributed by atoms with E-state index >= 15 is 0 Å². The van der Waals surface area contributed by atoms with Gasteiger partial charge in [-0.15, -0.1) is 0 Å². The second-order valence-corrected chi connectivity index (χ2v) is 6.00. The summed E-state index contributed by atoms with van der Waals surface area (Å²) in [5, 5.41) is 0. The van der Waals surface area contributed by atoms with Gasteiger partial charge in [0.2, 0.25) is 0 Å². The van der Waals surface area contributed by atoms with E-state index in [9.17, 15) is 0 Å². The fourth-order valence-corrected chi connectivity index (χ4v) is 3.16. The average molecular weight is 276 g/mol. The highest BCUT2D eigenvalue weighted by Gasteiger charge is 2.21. The van der Waals surface area contributed by atoms with Crippen LogP contribution in [0.25, 0.3) is 0 Å². The van der Waals surface area contributed by atoms with Crippen molar-refractivity contribution in [2.45, 2.75) is 65.0 Å². The van der Waals surface area contributed by atoms with Crippen LogP contribution in [-0.4, -0.2) is 18.7 Å². The summed E-state index contributed by atoms with van der Waals surface area (Å²) in [5.41, 5.74) is 8.04. The van der Waals surface area contributed by atoms with Gasteiger partial charge in [-0.1, -0.05) is 19.3 Å². The van der Waals surface area contributed by atoms with E-state index in [0.717, 1.165) is 18.0 Å². The first-order valence-corrected chi connectivity index (χ1v) is 7.94. The Hall–Kier alpha value is -1.38. The van der Waals surface area contributed by atoms with E-state index in [1.54, 1.807) is 0 Å². The molecular weight excluding hydrogens is 248 g/mol. The van der Waals surface area contributed by atoms with E-state index in [-0.39, 0.29) is 6.10 Å². The molecule has 1 aliphatic carbocycles. The number of anilines is 2. The maximum atomic E-state index is 6.05. The Morgan fingerprint density at radius 1 is 1.20 bits per heavy atom. The minimum Gasteiger partial charge on any atom is -0.491 e. The fourth-order valence-electron chi connectivity index (χ4n) is 3.16. The predicted octanol–water partition coefficient (Wildman–Crippen LogP) is 4.22.